The van der Waals surface area contributed by atoms with Gasteiger partial charge in [0.05, 0.1) is 4.47 Å². The number of amides is 2. The number of carbonyl (C=O) groups is 2. The van der Waals surface area contributed by atoms with Crippen LogP contribution in [0.5, 0.6) is 5.75 Å². The largest absolute Gasteiger partial charge is 0.483 e. The Bertz CT molecular complexity index is 1200. The number of benzene rings is 3. The fourth-order valence-electron chi connectivity index (χ4n) is 4.51. The van der Waals surface area contributed by atoms with Gasteiger partial charge >= 0.3 is 0 Å². The third-order valence-electron chi connectivity index (χ3n) is 6.60. The quantitative estimate of drug-likeness (QED) is 0.344. The summed E-state index contributed by atoms with van der Waals surface area (Å²) in [5.74, 6) is 0.148. The van der Waals surface area contributed by atoms with E-state index in [4.69, 9.17) is 16.3 Å². The second kappa shape index (κ2) is 11.9. The molecule has 1 fully saturated rings. The van der Waals surface area contributed by atoms with Gasteiger partial charge in [-0.3, -0.25) is 9.59 Å². The fourth-order valence-corrected chi connectivity index (χ4v) is 5.31. The van der Waals surface area contributed by atoms with Crippen molar-refractivity contribution in [1.29, 1.82) is 0 Å². The first-order valence-corrected chi connectivity index (χ1v) is 13.2. The summed E-state index contributed by atoms with van der Waals surface area (Å²) in [6, 6.07) is 18.6. The van der Waals surface area contributed by atoms with E-state index in [0.29, 0.717) is 10.8 Å². The molecule has 2 amide bonds. The molecular weight excluding hydrogens is 528 g/mol. The molecule has 0 bridgehead atoms. The van der Waals surface area contributed by atoms with Crippen LogP contribution < -0.4 is 10.1 Å². The maximum absolute atomic E-state index is 13.4. The van der Waals surface area contributed by atoms with Crippen molar-refractivity contribution in [3.05, 3.63) is 75.7 Å². The maximum atomic E-state index is 13.4. The number of hydrogen-bond donors (Lipinski definition) is 1. The molecule has 1 N–H and O–H groups in total. The summed E-state index contributed by atoms with van der Waals surface area (Å²) in [5, 5.41) is 5.78. The average Bonchev–Trinajstić information content (AvgIpc) is 2.88. The highest BCUT2D eigenvalue weighted by Crippen LogP contribution is 2.33. The summed E-state index contributed by atoms with van der Waals surface area (Å²) in [4.78, 5) is 28.1. The van der Waals surface area contributed by atoms with Gasteiger partial charge in [0.15, 0.2) is 6.61 Å². The van der Waals surface area contributed by atoms with E-state index in [1.807, 2.05) is 54.6 Å². The molecule has 1 aliphatic rings. The third kappa shape index (κ3) is 6.36. The highest BCUT2D eigenvalue weighted by Gasteiger charge is 2.29. The lowest BCUT2D eigenvalue weighted by Crippen LogP contribution is -2.51. The fraction of sp³-hybridized carbons (Fsp3) is 0.357. The number of ether oxygens (including phenoxy) is 1. The number of nitrogens with one attached hydrogen (secondary N) is 1. The summed E-state index contributed by atoms with van der Waals surface area (Å²) in [6.07, 6.45) is 5.42. The summed E-state index contributed by atoms with van der Waals surface area (Å²) in [5.41, 5.74) is 0.784. The van der Waals surface area contributed by atoms with Crippen LogP contribution in [0.3, 0.4) is 0 Å². The van der Waals surface area contributed by atoms with Gasteiger partial charge in [0.2, 0.25) is 5.91 Å². The first kappa shape index (κ1) is 25.5. The van der Waals surface area contributed by atoms with Gasteiger partial charge < -0.3 is 15.0 Å². The van der Waals surface area contributed by atoms with Gasteiger partial charge in [-0.15, -0.1) is 0 Å². The van der Waals surface area contributed by atoms with Crippen molar-refractivity contribution < 1.29 is 14.3 Å². The van der Waals surface area contributed by atoms with Gasteiger partial charge in [-0.2, -0.15) is 0 Å². The Labute approximate surface area is 219 Å². The predicted molar refractivity (Wildman–Crippen MR) is 144 cm³/mol. The zero-order chi connectivity index (χ0) is 24.8. The molecule has 5 nitrogen and oxygen atoms in total. The number of halogens is 2. The van der Waals surface area contributed by atoms with Crippen molar-refractivity contribution in [2.75, 3.05) is 6.61 Å². The van der Waals surface area contributed by atoms with E-state index in [1.54, 1.807) is 17.9 Å². The first-order chi connectivity index (χ1) is 16.9. The van der Waals surface area contributed by atoms with E-state index in [-0.39, 0.29) is 31.0 Å². The molecule has 1 unspecified atom stereocenters. The van der Waals surface area contributed by atoms with Crippen LogP contribution in [0.1, 0.15) is 44.6 Å². The van der Waals surface area contributed by atoms with E-state index >= 15 is 0 Å². The van der Waals surface area contributed by atoms with Crippen molar-refractivity contribution >= 4 is 50.1 Å². The first-order valence-electron chi connectivity index (χ1n) is 12.1. The zero-order valence-electron chi connectivity index (χ0n) is 19.8. The number of fused-ring (bicyclic) bond motifs is 1. The second-order valence-electron chi connectivity index (χ2n) is 9.02. The van der Waals surface area contributed by atoms with Crippen molar-refractivity contribution in [2.24, 2.45) is 0 Å². The van der Waals surface area contributed by atoms with Crippen LogP contribution in [0.25, 0.3) is 10.8 Å². The summed E-state index contributed by atoms with van der Waals surface area (Å²) < 4.78 is 6.73. The van der Waals surface area contributed by atoms with Crippen LogP contribution >= 0.6 is 27.5 Å². The molecule has 1 aliphatic carbocycles. The van der Waals surface area contributed by atoms with Crippen molar-refractivity contribution in [1.82, 2.24) is 10.2 Å². The molecule has 1 saturated carbocycles. The van der Waals surface area contributed by atoms with Crippen LogP contribution in [0.15, 0.2) is 65.1 Å². The van der Waals surface area contributed by atoms with Gasteiger partial charge in [0, 0.05) is 17.6 Å². The molecular formula is C28H30BrClN2O3. The highest BCUT2D eigenvalue weighted by atomic mass is 79.9. The van der Waals surface area contributed by atoms with Crippen LogP contribution in [0.2, 0.25) is 5.02 Å². The molecule has 4 rings (SSSR count). The van der Waals surface area contributed by atoms with Gasteiger partial charge in [-0.1, -0.05) is 79.4 Å². The standard InChI is InChI=1S/C28H30BrClN2O3/c1-19(28(34)31-22-11-3-2-4-12-22)32(17-21-10-6-8-14-24(21)30)26(33)18-35-25-16-15-20-9-5-7-13-23(20)27(25)29/h5-10,13-16,19,22H,2-4,11-12,17-18H2,1H3,(H,31,34). The highest BCUT2D eigenvalue weighted by molar-refractivity contribution is 9.10. The minimum absolute atomic E-state index is 0.149. The Balaban J connectivity index is 1.50. The maximum Gasteiger partial charge on any atom is 0.261 e. The minimum Gasteiger partial charge on any atom is -0.483 e. The smallest absolute Gasteiger partial charge is 0.261 e. The summed E-state index contributed by atoms with van der Waals surface area (Å²) >= 11 is 9.99. The Morgan fingerprint density at radius 2 is 1.77 bits per heavy atom. The summed E-state index contributed by atoms with van der Waals surface area (Å²) in [6.45, 7) is 1.79. The van der Waals surface area contributed by atoms with Crippen molar-refractivity contribution in [3.8, 4) is 5.75 Å². The third-order valence-corrected chi connectivity index (χ3v) is 7.78. The predicted octanol–water partition coefficient (Wildman–Crippen LogP) is 6.50. The Morgan fingerprint density at radius 1 is 1.06 bits per heavy atom. The van der Waals surface area contributed by atoms with Crippen LogP contribution in [-0.2, 0) is 16.1 Å². The topological polar surface area (TPSA) is 58.6 Å². The van der Waals surface area contributed by atoms with Gasteiger partial charge in [-0.05, 0) is 64.2 Å². The van der Waals surface area contributed by atoms with Gasteiger partial charge in [0.25, 0.3) is 5.91 Å². The zero-order valence-corrected chi connectivity index (χ0v) is 22.1. The van der Waals surface area contributed by atoms with Gasteiger partial charge in [0.1, 0.15) is 11.8 Å². The Morgan fingerprint density at radius 3 is 2.54 bits per heavy atom. The number of nitrogens with zero attached hydrogens (tertiary/aromatic N) is 1. The van der Waals surface area contributed by atoms with E-state index in [1.165, 1.54) is 6.42 Å². The molecule has 3 aromatic carbocycles. The number of carbonyl (C=O) groups excluding carboxylic acids is 2. The molecule has 0 spiro atoms. The molecule has 0 aliphatic heterocycles. The van der Waals surface area contributed by atoms with E-state index in [9.17, 15) is 9.59 Å². The van der Waals surface area contributed by atoms with Crippen molar-refractivity contribution in [2.45, 2.75) is 57.7 Å². The molecule has 0 saturated heterocycles. The second-order valence-corrected chi connectivity index (χ2v) is 10.2. The average molecular weight is 558 g/mol. The molecule has 3 aromatic rings. The molecule has 0 aromatic heterocycles. The lowest BCUT2D eigenvalue weighted by Gasteiger charge is -2.31. The molecule has 0 radical (unpaired) electrons. The van der Waals surface area contributed by atoms with Crippen LogP contribution in [-0.4, -0.2) is 35.4 Å². The molecule has 0 heterocycles. The van der Waals surface area contributed by atoms with Crippen LogP contribution in [0.4, 0.5) is 0 Å². The SMILES string of the molecule is CC(C(=O)NC1CCCCC1)N(Cc1ccccc1Cl)C(=O)COc1ccc2ccccc2c1Br. The molecule has 35 heavy (non-hydrogen) atoms. The number of rotatable bonds is 8. The monoisotopic (exact) mass is 556 g/mol. The molecule has 7 heteroatoms. The lowest BCUT2D eigenvalue weighted by molar-refractivity contribution is -0.142. The normalized spacial score (nSPS) is 14.9. The van der Waals surface area contributed by atoms with E-state index < -0.39 is 6.04 Å². The Hall–Kier alpha value is -2.57. The molecule has 1 atom stereocenters. The number of hydrogen-bond acceptors (Lipinski definition) is 3. The van der Waals surface area contributed by atoms with E-state index in [2.05, 4.69) is 21.2 Å². The summed E-state index contributed by atoms with van der Waals surface area (Å²) in [7, 11) is 0. The Kier molecular flexibility index (Phi) is 8.69. The lowest BCUT2D eigenvalue weighted by atomic mass is 9.95. The van der Waals surface area contributed by atoms with Gasteiger partial charge in [-0.25, -0.2) is 0 Å². The molecule has 184 valence electrons. The van der Waals surface area contributed by atoms with Crippen molar-refractivity contribution in [3.63, 3.8) is 0 Å². The minimum atomic E-state index is -0.663. The van der Waals surface area contributed by atoms with Crippen LogP contribution in [0, 0.1) is 0 Å². The van der Waals surface area contributed by atoms with E-state index in [0.717, 1.165) is 46.5 Å².